The van der Waals surface area contributed by atoms with Crippen LogP contribution in [0.25, 0.3) is 0 Å². The zero-order valence-corrected chi connectivity index (χ0v) is 13.5. The number of allylic oxidation sites excluding steroid dienone is 2. The van der Waals surface area contributed by atoms with Crippen LogP contribution in [0.5, 0.6) is 0 Å². The molecular weight excluding hydrogens is 266 g/mol. The minimum absolute atomic E-state index is 0.0173. The monoisotopic (exact) mass is 287 g/mol. The van der Waals surface area contributed by atoms with Gasteiger partial charge in [0.05, 0.1) is 0 Å². The van der Waals surface area contributed by atoms with Gasteiger partial charge >= 0.3 is 0 Å². The Morgan fingerprint density at radius 1 is 1.45 bits per heavy atom. The van der Waals surface area contributed by atoms with Crippen LogP contribution in [-0.2, 0) is 9.59 Å². The van der Waals surface area contributed by atoms with Crippen molar-refractivity contribution >= 4 is 20.3 Å². The maximum Gasteiger partial charge on any atom is 0.241 e. The zero-order chi connectivity index (χ0) is 14.7. The van der Waals surface area contributed by atoms with E-state index in [9.17, 15) is 9.59 Å². The number of piperidine rings is 1. The molecule has 0 aromatic rings. The molecule has 3 nitrogen and oxygen atoms in total. The summed E-state index contributed by atoms with van der Waals surface area (Å²) in [7, 11) is 0.284. The van der Waals surface area contributed by atoms with E-state index in [-0.39, 0.29) is 29.7 Å². The Bertz CT molecular complexity index is 565. The molecule has 1 heterocycles. The van der Waals surface area contributed by atoms with Crippen LogP contribution in [0, 0.1) is 34.6 Å². The van der Waals surface area contributed by atoms with Gasteiger partial charge in [-0.2, -0.15) is 0 Å². The van der Waals surface area contributed by atoms with Crippen molar-refractivity contribution in [2.45, 2.75) is 32.1 Å². The quantitative estimate of drug-likeness (QED) is 0.319. The summed E-state index contributed by atoms with van der Waals surface area (Å²) in [5.74, 6) is 3.60. The van der Waals surface area contributed by atoms with Gasteiger partial charge in [0, 0.05) is 30.8 Å². The molecule has 1 aliphatic heterocycles. The predicted molar refractivity (Wildman–Crippen MR) is 80.4 cm³/mol. The van der Waals surface area contributed by atoms with E-state index in [0.29, 0.717) is 0 Å². The highest BCUT2D eigenvalue weighted by atomic mass is 28.3. The van der Waals surface area contributed by atoms with Gasteiger partial charge in [-0.15, -0.1) is 5.54 Å². The normalized spacial score (nSPS) is 41.6. The Balaban J connectivity index is 2.16. The highest BCUT2D eigenvalue weighted by molar-refractivity contribution is 6.83. The van der Waals surface area contributed by atoms with Crippen LogP contribution in [0.1, 0.15) is 6.42 Å². The molecule has 2 fully saturated rings. The van der Waals surface area contributed by atoms with E-state index in [4.69, 9.17) is 0 Å². The predicted octanol–water partition coefficient (Wildman–Crippen LogP) is 1.72. The van der Waals surface area contributed by atoms with Crippen molar-refractivity contribution < 1.29 is 9.59 Å². The van der Waals surface area contributed by atoms with Gasteiger partial charge in [-0.25, -0.2) is 0 Å². The van der Waals surface area contributed by atoms with Gasteiger partial charge in [0.1, 0.15) is 19.8 Å². The first-order chi connectivity index (χ1) is 9.33. The average molecular weight is 287 g/mol. The molecule has 1 saturated heterocycles. The van der Waals surface area contributed by atoms with Crippen LogP contribution in [-0.4, -0.2) is 38.3 Å². The summed E-state index contributed by atoms with van der Waals surface area (Å²) in [6.45, 7) is 6.57. The summed E-state index contributed by atoms with van der Waals surface area (Å²) in [6, 6.07) is 0.0379. The molecule has 5 atom stereocenters. The number of rotatable bonds is 1. The lowest BCUT2D eigenvalue weighted by Gasteiger charge is -2.36. The number of carbonyl (C=O) groups is 2. The molecule has 3 aliphatic rings. The lowest BCUT2D eigenvalue weighted by Crippen LogP contribution is -2.48. The fraction of sp³-hybridized carbons (Fsp3) is 0.625. The first-order valence-corrected chi connectivity index (χ1v) is 10.8. The maximum absolute atomic E-state index is 12.8. The summed E-state index contributed by atoms with van der Waals surface area (Å²) in [6.07, 6.45) is 6.10. The average Bonchev–Trinajstić information content (AvgIpc) is 2.66. The van der Waals surface area contributed by atoms with Crippen LogP contribution in [0.2, 0.25) is 19.6 Å². The Labute approximate surface area is 121 Å². The Morgan fingerprint density at radius 3 is 2.75 bits per heavy atom. The zero-order valence-electron chi connectivity index (χ0n) is 12.5. The molecule has 4 heteroatoms. The minimum Gasteiger partial charge on any atom is -0.340 e. The molecule has 0 N–H and O–H groups in total. The number of hydrogen-bond acceptors (Lipinski definition) is 2. The first kappa shape index (κ1) is 13.6. The summed E-state index contributed by atoms with van der Waals surface area (Å²) in [4.78, 5) is 26.1. The Kier molecular flexibility index (Phi) is 2.78. The molecular formula is C16H21NO2Si. The van der Waals surface area contributed by atoms with Crippen molar-refractivity contribution in [3.05, 3.63) is 12.2 Å². The standard InChI is InChI=1S/C16H21NO2Si/c1-17-14-11(10-18)12-6-5-7-13(14)16(12,15(17)19)8-9-20(2,3)4/h5-6,10-14H,7H2,1-4H3/t11-,12-,13+,14-,16+/m1/s1. The van der Waals surface area contributed by atoms with Crippen LogP contribution >= 0.6 is 0 Å². The topological polar surface area (TPSA) is 37.4 Å². The summed E-state index contributed by atoms with van der Waals surface area (Å²) < 4.78 is 0. The summed E-state index contributed by atoms with van der Waals surface area (Å²) >= 11 is 0. The molecule has 2 aliphatic carbocycles. The van der Waals surface area contributed by atoms with E-state index < -0.39 is 13.5 Å². The van der Waals surface area contributed by atoms with E-state index in [2.05, 4.69) is 43.3 Å². The van der Waals surface area contributed by atoms with E-state index in [1.807, 2.05) is 7.05 Å². The number of carbonyl (C=O) groups excluding carboxylic acids is 2. The number of likely N-dealkylation sites (tertiary alicyclic amines) is 1. The molecule has 0 aromatic heterocycles. The maximum atomic E-state index is 12.8. The molecule has 0 spiro atoms. The smallest absolute Gasteiger partial charge is 0.241 e. The summed E-state index contributed by atoms with van der Waals surface area (Å²) in [5, 5.41) is 0. The van der Waals surface area contributed by atoms with Gasteiger partial charge < -0.3 is 9.69 Å². The second kappa shape index (κ2) is 4.08. The van der Waals surface area contributed by atoms with Gasteiger partial charge in [0.25, 0.3) is 0 Å². The van der Waals surface area contributed by atoms with Crippen molar-refractivity contribution in [1.82, 2.24) is 4.90 Å². The Hall–Kier alpha value is -1.34. The van der Waals surface area contributed by atoms with Gasteiger partial charge in [-0.3, -0.25) is 4.79 Å². The van der Waals surface area contributed by atoms with E-state index >= 15 is 0 Å². The van der Waals surface area contributed by atoms with Crippen LogP contribution in [0.15, 0.2) is 12.2 Å². The molecule has 0 unspecified atom stereocenters. The molecule has 106 valence electrons. The molecule has 3 rings (SSSR count). The van der Waals surface area contributed by atoms with Crippen LogP contribution in [0.3, 0.4) is 0 Å². The highest BCUT2D eigenvalue weighted by Gasteiger charge is 2.71. The SMILES string of the molecule is CN1C(=O)[C@@]2(C#C[Si](C)(C)C)[C@@H]3C=CC[C@H]2[C@H]1[C@@H]3C=O. The first-order valence-electron chi connectivity index (χ1n) is 7.26. The molecule has 0 aromatic carbocycles. The molecule has 4 bridgehead atoms. The highest BCUT2D eigenvalue weighted by Crippen LogP contribution is 2.61. The van der Waals surface area contributed by atoms with Gasteiger partial charge in [-0.1, -0.05) is 37.7 Å². The van der Waals surface area contributed by atoms with E-state index in [1.165, 1.54) is 0 Å². The lowest BCUT2D eigenvalue weighted by molar-refractivity contribution is -0.140. The second-order valence-corrected chi connectivity index (χ2v) is 12.0. The number of hydrogen-bond donors (Lipinski definition) is 0. The fourth-order valence-electron chi connectivity index (χ4n) is 4.22. The van der Waals surface area contributed by atoms with E-state index in [0.717, 1.165) is 12.7 Å². The van der Waals surface area contributed by atoms with Crippen molar-refractivity contribution in [2.75, 3.05) is 7.05 Å². The minimum atomic E-state index is -1.55. The van der Waals surface area contributed by atoms with Crippen molar-refractivity contribution in [3.8, 4) is 11.5 Å². The number of aldehydes is 1. The summed E-state index contributed by atoms with van der Waals surface area (Å²) in [5.41, 5.74) is 2.77. The van der Waals surface area contributed by atoms with E-state index in [1.54, 1.807) is 4.90 Å². The third-order valence-electron chi connectivity index (χ3n) is 4.99. The molecule has 0 radical (unpaired) electrons. The number of amides is 1. The molecule has 1 saturated carbocycles. The lowest BCUT2D eigenvalue weighted by atomic mass is 9.68. The molecule has 1 amide bonds. The van der Waals surface area contributed by atoms with Crippen molar-refractivity contribution in [2.24, 2.45) is 23.2 Å². The third kappa shape index (κ3) is 1.53. The van der Waals surface area contributed by atoms with Crippen LogP contribution < -0.4 is 0 Å². The van der Waals surface area contributed by atoms with Crippen LogP contribution in [0.4, 0.5) is 0 Å². The fourth-order valence-corrected chi connectivity index (χ4v) is 4.80. The van der Waals surface area contributed by atoms with Crippen molar-refractivity contribution in [1.29, 1.82) is 0 Å². The largest absolute Gasteiger partial charge is 0.340 e. The third-order valence-corrected chi connectivity index (χ3v) is 5.86. The van der Waals surface area contributed by atoms with Crippen molar-refractivity contribution in [3.63, 3.8) is 0 Å². The number of nitrogens with zero attached hydrogens (tertiary/aromatic N) is 1. The molecule has 20 heavy (non-hydrogen) atoms. The Morgan fingerprint density at radius 2 is 2.15 bits per heavy atom. The second-order valence-electron chi connectivity index (χ2n) is 7.29. The van der Waals surface area contributed by atoms with Gasteiger partial charge in [0.2, 0.25) is 5.91 Å². The van der Waals surface area contributed by atoms with Gasteiger partial charge in [0.15, 0.2) is 0 Å². The van der Waals surface area contributed by atoms with Gasteiger partial charge in [-0.05, 0) is 6.42 Å².